The molecule has 1 atom stereocenters. The van der Waals surface area contributed by atoms with Crippen LogP contribution in [0.1, 0.15) is 49.6 Å². The molecule has 3 nitrogen and oxygen atoms in total. The fourth-order valence-electron chi connectivity index (χ4n) is 2.42. The number of nitrogens with one attached hydrogen (secondary N) is 1. The van der Waals surface area contributed by atoms with Gasteiger partial charge in [-0.2, -0.15) is 0 Å². The third-order valence-corrected chi connectivity index (χ3v) is 3.97. The van der Waals surface area contributed by atoms with Crippen LogP contribution in [0.3, 0.4) is 0 Å². The molecule has 0 bridgehead atoms. The lowest BCUT2D eigenvalue weighted by atomic mass is 9.94. The predicted molar refractivity (Wildman–Crippen MR) is 81.3 cm³/mol. The molecule has 19 heavy (non-hydrogen) atoms. The molecule has 4 heteroatoms. The number of hydrogen-bond donors (Lipinski definition) is 1. The van der Waals surface area contributed by atoms with Crippen molar-refractivity contribution in [3.63, 3.8) is 0 Å². The Morgan fingerprint density at radius 2 is 2.32 bits per heavy atom. The van der Waals surface area contributed by atoms with Gasteiger partial charge in [0.15, 0.2) is 0 Å². The molecular formula is C15H21BrN2O. The first-order chi connectivity index (χ1) is 9.08. The second-order valence-electron chi connectivity index (χ2n) is 5.41. The Labute approximate surface area is 123 Å². The number of allylic oxidation sites excluding steroid dienone is 2. The molecule has 0 saturated carbocycles. The summed E-state index contributed by atoms with van der Waals surface area (Å²) >= 11 is 3.44. The molecular weight excluding hydrogens is 304 g/mol. The topological polar surface area (TPSA) is 34.0 Å². The van der Waals surface area contributed by atoms with Crippen molar-refractivity contribution in [1.29, 1.82) is 0 Å². The summed E-state index contributed by atoms with van der Waals surface area (Å²) in [5.41, 5.74) is 0.730. The van der Waals surface area contributed by atoms with Crippen LogP contribution in [0.25, 0.3) is 0 Å². The number of aromatic nitrogens is 1. The summed E-state index contributed by atoms with van der Waals surface area (Å²) in [5.74, 6) is 0.605. The Kier molecular flexibility index (Phi) is 4.86. The van der Waals surface area contributed by atoms with Gasteiger partial charge < -0.3 is 9.88 Å². The van der Waals surface area contributed by atoms with Gasteiger partial charge >= 0.3 is 0 Å². The average Bonchev–Trinajstić information content (AvgIpc) is 2.79. The van der Waals surface area contributed by atoms with Gasteiger partial charge in [-0.1, -0.05) is 12.2 Å². The van der Waals surface area contributed by atoms with E-state index in [0.717, 1.165) is 29.6 Å². The van der Waals surface area contributed by atoms with E-state index in [-0.39, 0.29) is 11.9 Å². The van der Waals surface area contributed by atoms with Gasteiger partial charge in [0.05, 0.1) is 0 Å². The van der Waals surface area contributed by atoms with Crippen LogP contribution in [0, 0.1) is 5.92 Å². The van der Waals surface area contributed by atoms with E-state index in [0.29, 0.717) is 5.92 Å². The standard InChI is InChI=1S/C15H21BrN2O/c1-11(2)18-10-13(16)8-14(18)15(19)17-9-12-6-4-3-5-7-12/h3-4,8,10-12H,5-7,9H2,1-2H3,(H,17,19). The average molecular weight is 325 g/mol. The first-order valence-corrected chi connectivity index (χ1v) is 7.67. The monoisotopic (exact) mass is 324 g/mol. The Hall–Kier alpha value is -1.03. The number of carbonyl (C=O) groups excluding carboxylic acids is 1. The zero-order valence-electron chi connectivity index (χ0n) is 11.5. The van der Waals surface area contributed by atoms with Crippen LogP contribution in [0.15, 0.2) is 28.9 Å². The van der Waals surface area contributed by atoms with Crippen molar-refractivity contribution < 1.29 is 4.79 Å². The van der Waals surface area contributed by atoms with Crippen molar-refractivity contribution in [2.24, 2.45) is 5.92 Å². The molecule has 1 aromatic heterocycles. The van der Waals surface area contributed by atoms with E-state index in [9.17, 15) is 4.79 Å². The van der Waals surface area contributed by atoms with E-state index in [1.807, 2.05) is 16.8 Å². The lowest BCUT2D eigenvalue weighted by Gasteiger charge is -2.19. The lowest BCUT2D eigenvalue weighted by Crippen LogP contribution is -2.31. The predicted octanol–water partition coefficient (Wildman–Crippen LogP) is 3.92. The third kappa shape index (κ3) is 3.72. The van der Waals surface area contributed by atoms with Crippen molar-refractivity contribution in [2.45, 2.75) is 39.2 Å². The van der Waals surface area contributed by atoms with Crippen LogP contribution in [-0.4, -0.2) is 17.0 Å². The molecule has 1 amide bonds. The fourth-order valence-corrected chi connectivity index (χ4v) is 2.86. The van der Waals surface area contributed by atoms with Crippen molar-refractivity contribution >= 4 is 21.8 Å². The lowest BCUT2D eigenvalue weighted by molar-refractivity contribution is 0.0935. The van der Waals surface area contributed by atoms with E-state index in [2.05, 4.69) is 47.2 Å². The van der Waals surface area contributed by atoms with Gasteiger partial charge in [-0.25, -0.2) is 0 Å². The fraction of sp³-hybridized carbons (Fsp3) is 0.533. The zero-order chi connectivity index (χ0) is 13.8. The van der Waals surface area contributed by atoms with Gasteiger partial charge in [-0.3, -0.25) is 4.79 Å². The number of nitrogens with zero attached hydrogens (tertiary/aromatic N) is 1. The van der Waals surface area contributed by atoms with Crippen LogP contribution in [0.2, 0.25) is 0 Å². The molecule has 0 aromatic carbocycles. The highest BCUT2D eigenvalue weighted by atomic mass is 79.9. The summed E-state index contributed by atoms with van der Waals surface area (Å²) in [6.45, 7) is 4.92. The summed E-state index contributed by atoms with van der Waals surface area (Å²) in [5, 5.41) is 3.06. The molecule has 1 heterocycles. The second-order valence-corrected chi connectivity index (χ2v) is 6.32. The van der Waals surface area contributed by atoms with Crippen LogP contribution in [-0.2, 0) is 0 Å². The maximum Gasteiger partial charge on any atom is 0.267 e. The molecule has 1 aromatic rings. The van der Waals surface area contributed by atoms with E-state index in [1.54, 1.807) is 0 Å². The summed E-state index contributed by atoms with van der Waals surface area (Å²) in [4.78, 5) is 12.3. The first kappa shape index (κ1) is 14.4. The molecule has 0 saturated heterocycles. The number of rotatable bonds is 4. The van der Waals surface area contributed by atoms with Crippen LogP contribution < -0.4 is 5.32 Å². The maximum absolute atomic E-state index is 12.3. The van der Waals surface area contributed by atoms with Gasteiger partial charge in [0, 0.05) is 23.3 Å². The van der Waals surface area contributed by atoms with E-state index >= 15 is 0 Å². The molecule has 1 aliphatic rings. The highest BCUT2D eigenvalue weighted by Gasteiger charge is 2.16. The molecule has 0 fully saturated rings. The van der Waals surface area contributed by atoms with Crippen molar-refractivity contribution in [2.75, 3.05) is 6.54 Å². The highest BCUT2D eigenvalue weighted by molar-refractivity contribution is 9.10. The molecule has 1 N–H and O–H groups in total. The van der Waals surface area contributed by atoms with Gasteiger partial charge in [0.25, 0.3) is 5.91 Å². The first-order valence-electron chi connectivity index (χ1n) is 6.88. The molecule has 0 radical (unpaired) electrons. The summed E-state index contributed by atoms with van der Waals surface area (Å²) < 4.78 is 2.95. The minimum Gasteiger partial charge on any atom is -0.350 e. The van der Waals surface area contributed by atoms with E-state index in [1.165, 1.54) is 6.42 Å². The second kappa shape index (κ2) is 6.42. The quantitative estimate of drug-likeness (QED) is 0.837. The SMILES string of the molecule is CC(C)n1cc(Br)cc1C(=O)NCC1CC=CCC1. The van der Waals surface area contributed by atoms with E-state index in [4.69, 9.17) is 0 Å². The Morgan fingerprint density at radius 3 is 2.95 bits per heavy atom. The molecule has 2 rings (SSSR count). The van der Waals surface area contributed by atoms with Gasteiger partial charge in [0.1, 0.15) is 5.69 Å². The number of hydrogen-bond acceptors (Lipinski definition) is 1. The number of carbonyl (C=O) groups is 1. The number of halogens is 1. The minimum atomic E-state index is 0.0222. The Bertz CT molecular complexity index is 476. The van der Waals surface area contributed by atoms with E-state index < -0.39 is 0 Å². The number of amides is 1. The van der Waals surface area contributed by atoms with Gasteiger partial charge in [0.2, 0.25) is 0 Å². The minimum absolute atomic E-state index is 0.0222. The molecule has 1 unspecified atom stereocenters. The summed E-state index contributed by atoms with van der Waals surface area (Å²) in [7, 11) is 0. The van der Waals surface area contributed by atoms with Crippen LogP contribution in [0.4, 0.5) is 0 Å². The highest BCUT2D eigenvalue weighted by Crippen LogP contribution is 2.20. The Balaban J connectivity index is 1.97. The van der Waals surface area contributed by atoms with Crippen molar-refractivity contribution in [1.82, 2.24) is 9.88 Å². The van der Waals surface area contributed by atoms with Crippen LogP contribution >= 0.6 is 15.9 Å². The third-order valence-electron chi connectivity index (χ3n) is 3.53. The zero-order valence-corrected chi connectivity index (χ0v) is 13.1. The molecule has 0 spiro atoms. The van der Waals surface area contributed by atoms with Crippen LogP contribution in [0.5, 0.6) is 0 Å². The normalized spacial score (nSPS) is 18.8. The largest absolute Gasteiger partial charge is 0.350 e. The summed E-state index contributed by atoms with van der Waals surface area (Å²) in [6.07, 6.45) is 9.78. The van der Waals surface area contributed by atoms with Crippen molar-refractivity contribution in [3.05, 3.63) is 34.6 Å². The van der Waals surface area contributed by atoms with Gasteiger partial charge in [-0.15, -0.1) is 0 Å². The molecule has 0 aliphatic heterocycles. The Morgan fingerprint density at radius 1 is 1.53 bits per heavy atom. The van der Waals surface area contributed by atoms with Crippen molar-refractivity contribution in [3.8, 4) is 0 Å². The maximum atomic E-state index is 12.3. The summed E-state index contributed by atoms with van der Waals surface area (Å²) in [6, 6.07) is 2.17. The van der Waals surface area contributed by atoms with Gasteiger partial charge in [-0.05, 0) is 61.0 Å². The smallest absolute Gasteiger partial charge is 0.267 e. The molecule has 104 valence electrons. The molecule has 1 aliphatic carbocycles.